The van der Waals surface area contributed by atoms with Crippen LogP contribution in [0, 0.1) is 6.92 Å². The summed E-state index contributed by atoms with van der Waals surface area (Å²) in [6.07, 6.45) is 0. The summed E-state index contributed by atoms with van der Waals surface area (Å²) in [6.45, 7) is 2.61. The zero-order chi connectivity index (χ0) is 20.4. The van der Waals surface area contributed by atoms with E-state index in [2.05, 4.69) is 5.32 Å². The van der Waals surface area contributed by atoms with Crippen LogP contribution in [0.1, 0.15) is 33.2 Å². The van der Waals surface area contributed by atoms with Crippen LogP contribution in [0.3, 0.4) is 0 Å². The van der Waals surface area contributed by atoms with E-state index >= 15 is 0 Å². The molecule has 0 bridgehead atoms. The summed E-state index contributed by atoms with van der Waals surface area (Å²) in [4.78, 5) is 50.0. The minimum atomic E-state index is -1.16. The summed E-state index contributed by atoms with van der Waals surface area (Å²) in [5.41, 5.74) is 1.77. The van der Waals surface area contributed by atoms with E-state index in [0.29, 0.717) is 10.7 Å². The number of imide groups is 1. The predicted octanol–water partition coefficient (Wildman–Crippen LogP) is 2.81. The van der Waals surface area contributed by atoms with Crippen molar-refractivity contribution in [2.45, 2.75) is 19.9 Å². The van der Waals surface area contributed by atoms with Crippen molar-refractivity contribution in [3.8, 4) is 0 Å². The molecule has 0 radical (unpaired) electrons. The minimum Gasteiger partial charge on any atom is -0.454 e. The van der Waals surface area contributed by atoms with Gasteiger partial charge in [0.15, 0.2) is 6.61 Å². The molecule has 144 valence electrons. The Morgan fingerprint density at radius 2 is 1.71 bits per heavy atom. The number of aryl methyl sites for hydroxylation is 1. The van der Waals surface area contributed by atoms with Crippen LogP contribution in [0.25, 0.3) is 0 Å². The minimum absolute atomic E-state index is 0.239. The number of halogens is 1. The maximum Gasteiger partial charge on any atom is 0.329 e. The number of carbonyl (C=O) groups is 4. The lowest BCUT2D eigenvalue weighted by atomic mass is 10.1. The third kappa shape index (κ3) is 3.75. The summed E-state index contributed by atoms with van der Waals surface area (Å²) < 4.78 is 4.99. The number of amides is 3. The van der Waals surface area contributed by atoms with E-state index in [0.717, 1.165) is 10.5 Å². The van der Waals surface area contributed by atoms with Crippen LogP contribution in [0.5, 0.6) is 0 Å². The molecule has 1 aliphatic heterocycles. The molecule has 3 amide bonds. The fraction of sp³-hybridized carbons (Fsp3) is 0.200. The first-order valence-corrected chi connectivity index (χ1v) is 8.87. The Bertz CT molecular complexity index is 953. The smallest absolute Gasteiger partial charge is 0.329 e. The number of nitrogens with zero attached hydrogens (tertiary/aromatic N) is 1. The first-order valence-electron chi connectivity index (χ1n) is 8.49. The number of hydrogen-bond acceptors (Lipinski definition) is 5. The van der Waals surface area contributed by atoms with Gasteiger partial charge in [-0.25, -0.2) is 4.79 Å². The Morgan fingerprint density at radius 3 is 2.29 bits per heavy atom. The number of anilines is 1. The molecule has 7 nitrogen and oxygen atoms in total. The van der Waals surface area contributed by atoms with E-state index in [-0.39, 0.29) is 11.1 Å². The van der Waals surface area contributed by atoms with Crippen molar-refractivity contribution in [3.63, 3.8) is 0 Å². The van der Waals surface area contributed by atoms with Crippen molar-refractivity contribution in [1.82, 2.24) is 4.90 Å². The standard InChI is InChI=1S/C20H17ClN2O5/c1-11-9-13(21)7-8-16(11)22-17(24)10-28-20(27)12(2)23-18(25)14-5-3-4-6-15(14)19(23)26/h3-9,12H,10H2,1-2H3,(H,22,24)/t12-/m0/s1. The van der Waals surface area contributed by atoms with Crippen molar-refractivity contribution in [1.29, 1.82) is 0 Å². The summed E-state index contributed by atoms with van der Waals surface area (Å²) in [7, 11) is 0. The SMILES string of the molecule is Cc1cc(Cl)ccc1NC(=O)COC(=O)[C@H](C)N1C(=O)c2ccccc2C1=O. The molecule has 8 heteroatoms. The van der Waals surface area contributed by atoms with Crippen molar-refractivity contribution >= 4 is 41.0 Å². The predicted molar refractivity (Wildman–Crippen MR) is 102 cm³/mol. The zero-order valence-electron chi connectivity index (χ0n) is 15.2. The Labute approximate surface area is 166 Å². The number of ether oxygens (including phenoxy) is 1. The number of esters is 1. The molecule has 0 spiro atoms. The second kappa shape index (κ2) is 7.82. The first kappa shape index (κ1) is 19.6. The van der Waals surface area contributed by atoms with Crippen molar-refractivity contribution in [2.75, 3.05) is 11.9 Å². The first-order chi connectivity index (χ1) is 13.3. The monoisotopic (exact) mass is 400 g/mol. The Hall–Kier alpha value is -3.19. The maximum atomic E-state index is 12.4. The molecule has 2 aromatic rings. The van der Waals surface area contributed by atoms with Crippen LogP contribution in [0.15, 0.2) is 42.5 Å². The number of rotatable bonds is 5. The van der Waals surface area contributed by atoms with Gasteiger partial charge in [0.2, 0.25) is 0 Å². The van der Waals surface area contributed by atoms with Crippen molar-refractivity contribution < 1.29 is 23.9 Å². The van der Waals surface area contributed by atoms with Crippen LogP contribution >= 0.6 is 11.6 Å². The second-order valence-electron chi connectivity index (χ2n) is 6.32. The van der Waals surface area contributed by atoms with Crippen LogP contribution < -0.4 is 5.32 Å². The van der Waals surface area contributed by atoms with Gasteiger partial charge in [0.1, 0.15) is 6.04 Å². The molecular formula is C20H17ClN2O5. The van der Waals surface area contributed by atoms with Gasteiger partial charge in [-0.1, -0.05) is 23.7 Å². The van der Waals surface area contributed by atoms with Gasteiger partial charge in [-0.15, -0.1) is 0 Å². The molecule has 1 N–H and O–H groups in total. The fourth-order valence-corrected chi connectivity index (χ4v) is 3.10. The van der Waals surface area contributed by atoms with E-state index in [1.807, 2.05) is 0 Å². The van der Waals surface area contributed by atoms with E-state index in [1.165, 1.54) is 19.1 Å². The molecule has 0 unspecified atom stereocenters. The van der Waals surface area contributed by atoms with E-state index in [4.69, 9.17) is 16.3 Å². The molecule has 1 atom stereocenters. The number of nitrogens with one attached hydrogen (secondary N) is 1. The van der Waals surface area contributed by atoms with Gasteiger partial charge in [0.05, 0.1) is 11.1 Å². The lowest BCUT2D eigenvalue weighted by molar-refractivity contribution is -0.150. The number of carbonyl (C=O) groups excluding carboxylic acids is 4. The molecule has 0 saturated heterocycles. The normalized spacial score (nSPS) is 13.9. The highest BCUT2D eigenvalue weighted by Gasteiger charge is 2.41. The van der Waals surface area contributed by atoms with Crippen LogP contribution in [-0.4, -0.2) is 41.2 Å². The van der Waals surface area contributed by atoms with Gasteiger partial charge in [0, 0.05) is 10.7 Å². The molecule has 3 rings (SSSR count). The number of hydrogen-bond donors (Lipinski definition) is 1. The van der Waals surface area contributed by atoms with Crippen molar-refractivity contribution in [3.05, 3.63) is 64.2 Å². The van der Waals surface area contributed by atoms with Crippen molar-refractivity contribution in [2.24, 2.45) is 0 Å². The Kier molecular flexibility index (Phi) is 5.46. The average Bonchev–Trinajstić information content (AvgIpc) is 2.92. The van der Waals surface area contributed by atoms with Gasteiger partial charge in [-0.05, 0) is 49.7 Å². The third-order valence-electron chi connectivity index (χ3n) is 4.36. The quantitative estimate of drug-likeness (QED) is 0.615. The van der Waals surface area contributed by atoms with Gasteiger partial charge in [-0.3, -0.25) is 19.3 Å². The van der Waals surface area contributed by atoms with E-state index in [1.54, 1.807) is 37.3 Å². The van der Waals surface area contributed by atoms with Gasteiger partial charge in [0.25, 0.3) is 17.7 Å². The lowest BCUT2D eigenvalue weighted by Gasteiger charge is -2.20. The van der Waals surface area contributed by atoms with Crippen LogP contribution in [-0.2, 0) is 14.3 Å². The molecule has 0 aliphatic carbocycles. The zero-order valence-corrected chi connectivity index (χ0v) is 15.9. The lowest BCUT2D eigenvalue weighted by Crippen LogP contribution is -2.44. The van der Waals surface area contributed by atoms with Gasteiger partial charge < -0.3 is 10.1 Å². The summed E-state index contributed by atoms with van der Waals surface area (Å²) >= 11 is 5.87. The Morgan fingerprint density at radius 1 is 1.11 bits per heavy atom. The van der Waals surface area contributed by atoms with Crippen LogP contribution in [0.4, 0.5) is 5.69 Å². The summed E-state index contributed by atoms with van der Waals surface area (Å²) in [5.74, 6) is -2.52. The number of fused-ring (bicyclic) bond motifs is 1. The van der Waals surface area contributed by atoms with Gasteiger partial charge in [-0.2, -0.15) is 0 Å². The molecule has 2 aromatic carbocycles. The topological polar surface area (TPSA) is 92.8 Å². The van der Waals surface area contributed by atoms with Crippen LogP contribution in [0.2, 0.25) is 5.02 Å². The molecule has 1 aliphatic rings. The molecular weight excluding hydrogens is 384 g/mol. The summed E-state index contributed by atoms with van der Waals surface area (Å²) in [6, 6.07) is 10.1. The largest absolute Gasteiger partial charge is 0.454 e. The highest BCUT2D eigenvalue weighted by Crippen LogP contribution is 2.25. The molecule has 0 saturated carbocycles. The molecule has 0 aromatic heterocycles. The second-order valence-corrected chi connectivity index (χ2v) is 6.75. The third-order valence-corrected chi connectivity index (χ3v) is 4.60. The highest BCUT2D eigenvalue weighted by atomic mass is 35.5. The molecule has 0 fully saturated rings. The summed E-state index contributed by atoms with van der Waals surface area (Å²) in [5, 5.41) is 3.15. The van der Waals surface area contributed by atoms with E-state index < -0.39 is 36.3 Å². The molecule has 28 heavy (non-hydrogen) atoms. The van der Waals surface area contributed by atoms with Gasteiger partial charge >= 0.3 is 5.97 Å². The molecule has 1 heterocycles. The Balaban J connectivity index is 1.60. The number of benzene rings is 2. The highest BCUT2D eigenvalue weighted by molar-refractivity contribution is 6.30. The maximum absolute atomic E-state index is 12.4. The fourth-order valence-electron chi connectivity index (χ4n) is 2.88. The average molecular weight is 401 g/mol. The van der Waals surface area contributed by atoms with E-state index in [9.17, 15) is 19.2 Å².